The van der Waals surface area contributed by atoms with Gasteiger partial charge in [0.2, 0.25) is 0 Å². The summed E-state index contributed by atoms with van der Waals surface area (Å²) in [6, 6.07) is 7.37. The molecule has 0 N–H and O–H groups in total. The summed E-state index contributed by atoms with van der Waals surface area (Å²) in [4.78, 5) is 11.5. The number of unbranched alkanes of at least 4 members (excludes halogenated alkanes) is 3. The van der Waals surface area contributed by atoms with Gasteiger partial charge in [0.05, 0.1) is 20.3 Å². The SMILES string of the molecule is COC(=O)[C@]1(CCCCCCOc2ccc(Cl)cc2)CO1. The van der Waals surface area contributed by atoms with Crippen molar-refractivity contribution in [1.29, 1.82) is 0 Å². The van der Waals surface area contributed by atoms with Gasteiger partial charge in [-0.3, -0.25) is 0 Å². The first kappa shape index (κ1) is 16.1. The number of epoxide rings is 1. The van der Waals surface area contributed by atoms with Crippen LogP contribution in [-0.2, 0) is 14.3 Å². The highest BCUT2D eigenvalue weighted by Crippen LogP contribution is 2.34. The maximum absolute atomic E-state index is 11.5. The van der Waals surface area contributed by atoms with E-state index in [0.29, 0.717) is 18.2 Å². The number of carbonyl (C=O) groups is 1. The van der Waals surface area contributed by atoms with Crippen LogP contribution in [0.3, 0.4) is 0 Å². The maximum atomic E-state index is 11.5. The lowest BCUT2D eigenvalue weighted by molar-refractivity contribution is -0.147. The molecule has 0 aromatic heterocycles. The van der Waals surface area contributed by atoms with Gasteiger partial charge in [-0.05, 0) is 43.5 Å². The van der Waals surface area contributed by atoms with E-state index in [9.17, 15) is 4.79 Å². The standard InChI is InChI=1S/C16H21ClO4/c1-19-15(18)16(12-21-16)10-4-2-3-5-11-20-14-8-6-13(17)7-9-14/h6-9H,2-5,10-12H2,1H3/t16-/m0/s1. The van der Waals surface area contributed by atoms with E-state index < -0.39 is 5.60 Å². The Kier molecular flexibility index (Phi) is 5.88. The van der Waals surface area contributed by atoms with E-state index in [1.807, 2.05) is 24.3 Å². The number of halogens is 1. The van der Waals surface area contributed by atoms with Crippen LogP contribution in [0.1, 0.15) is 32.1 Å². The molecule has 0 spiro atoms. The second kappa shape index (κ2) is 7.66. The van der Waals surface area contributed by atoms with E-state index in [4.69, 9.17) is 25.8 Å². The lowest BCUT2D eigenvalue weighted by Crippen LogP contribution is -2.25. The van der Waals surface area contributed by atoms with Gasteiger partial charge in [0.25, 0.3) is 0 Å². The first-order valence-corrected chi connectivity index (χ1v) is 7.65. The largest absolute Gasteiger partial charge is 0.494 e. The summed E-state index contributed by atoms with van der Waals surface area (Å²) < 4.78 is 15.6. The summed E-state index contributed by atoms with van der Waals surface area (Å²) >= 11 is 5.81. The van der Waals surface area contributed by atoms with Gasteiger partial charge in [-0.15, -0.1) is 0 Å². The number of rotatable bonds is 9. The molecule has 0 saturated carbocycles. The normalized spacial score (nSPS) is 20.1. The van der Waals surface area contributed by atoms with E-state index in [2.05, 4.69) is 0 Å². The summed E-state index contributed by atoms with van der Waals surface area (Å²) in [5.74, 6) is 0.601. The Morgan fingerprint density at radius 3 is 2.52 bits per heavy atom. The summed E-state index contributed by atoms with van der Waals surface area (Å²) in [7, 11) is 1.40. The average Bonchev–Trinajstić information content (AvgIpc) is 3.28. The molecular formula is C16H21ClO4. The van der Waals surface area contributed by atoms with Crippen molar-refractivity contribution in [2.24, 2.45) is 0 Å². The second-order valence-corrected chi connectivity index (χ2v) is 5.68. The Balaban J connectivity index is 1.51. The fraction of sp³-hybridized carbons (Fsp3) is 0.562. The number of methoxy groups -OCH3 is 1. The van der Waals surface area contributed by atoms with Crippen molar-refractivity contribution in [2.45, 2.75) is 37.7 Å². The van der Waals surface area contributed by atoms with Crippen molar-refractivity contribution < 1.29 is 19.0 Å². The molecule has 4 nitrogen and oxygen atoms in total. The minimum Gasteiger partial charge on any atom is -0.494 e. The summed E-state index contributed by atoms with van der Waals surface area (Å²) in [5.41, 5.74) is -0.630. The zero-order valence-corrected chi connectivity index (χ0v) is 13.0. The Morgan fingerprint density at radius 2 is 1.90 bits per heavy atom. The quantitative estimate of drug-likeness (QED) is 0.397. The smallest absolute Gasteiger partial charge is 0.340 e. The van der Waals surface area contributed by atoms with Crippen molar-refractivity contribution in [3.8, 4) is 5.75 Å². The van der Waals surface area contributed by atoms with Crippen LogP contribution in [0, 0.1) is 0 Å². The molecule has 0 amide bonds. The molecule has 1 aromatic carbocycles. The molecule has 1 aliphatic rings. The Labute approximate surface area is 130 Å². The van der Waals surface area contributed by atoms with Crippen molar-refractivity contribution in [2.75, 3.05) is 20.3 Å². The van der Waals surface area contributed by atoms with Crippen LogP contribution in [0.25, 0.3) is 0 Å². The Morgan fingerprint density at radius 1 is 1.24 bits per heavy atom. The minimum absolute atomic E-state index is 0.242. The van der Waals surface area contributed by atoms with Crippen LogP contribution in [0.5, 0.6) is 5.75 Å². The van der Waals surface area contributed by atoms with Crippen molar-refractivity contribution in [1.82, 2.24) is 0 Å². The third kappa shape index (κ3) is 4.90. The average molecular weight is 313 g/mol. The number of benzene rings is 1. The number of esters is 1. The molecule has 0 aliphatic carbocycles. The monoisotopic (exact) mass is 312 g/mol. The van der Waals surface area contributed by atoms with Crippen molar-refractivity contribution >= 4 is 17.6 Å². The minimum atomic E-state index is -0.630. The van der Waals surface area contributed by atoms with Crippen molar-refractivity contribution in [3.05, 3.63) is 29.3 Å². The molecule has 0 bridgehead atoms. The third-order valence-corrected chi connectivity index (χ3v) is 3.86. The molecule has 1 aliphatic heterocycles. The van der Waals surface area contributed by atoms with E-state index in [1.165, 1.54) is 7.11 Å². The fourth-order valence-electron chi connectivity index (χ4n) is 2.22. The second-order valence-electron chi connectivity index (χ2n) is 5.24. The molecule has 1 aromatic rings. The van der Waals surface area contributed by atoms with Crippen LogP contribution in [0.4, 0.5) is 0 Å². The first-order valence-electron chi connectivity index (χ1n) is 7.27. The van der Waals surface area contributed by atoms with E-state index in [0.717, 1.165) is 37.9 Å². The fourth-order valence-corrected chi connectivity index (χ4v) is 2.35. The van der Waals surface area contributed by atoms with Gasteiger partial charge in [-0.1, -0.05) is 24.4 Å². The molecule has 1 fully saturated rings. The van der Waals surface area contributed by atoms with Crippen LogP contribution >= 0.6 is 11.6 Å². The van der Waals surface area contributed by atoms with Crippen LogP contribution in [-0.4, -0.2) is 31.9 Å². The molecule has 116 valence electrons. The number of ether oxygens (including phenoxy) is 3. The number of hydrogen-bond acceptors (Lipinski definition) is 4. The zero-order chi connectivity index (χ0) is 15.1. The number of hydrogen-bond donors (Lipinski definition) is 0. The molecule has 21 heavy (non-hydrogen) atoms. The van der Waals surface area contributed by atoms with Gasteiger partial charge in [0, 0.05) is 5.02 Å². The topological polar surface area (TPSA) is 48.1 Å². The highest BCUT2D eigenvalue weighted by molar-refractivity contribution is 6.30. The Hall–Kier alpha value is -1.26. The van der Waals surface area contributed by atoms with Crippen LogP contribution < -0.4 is 4.74 Å². The van der Waals surface area contributed by atoms with Crippen molar-refractivity contribution in [3.63, 3.8) is 0 Å². The van der Waals surface area contributed by atoms with Gasteiger partial charge < -0.3 is 14.2 Å². The molecule has 2 rings (SSSR count). The van der Waals surface area contributed by atoms with E-state index in [1.54, 1.807) is 0 Å². The lowest BCUT2D eigenvalue weighted by atomic mass is 10.0. The van der Waals surface area contributed by atoms with Crippen LogP contribution in [0.2, 0.25) is 5.02 Å². The summed E-state index contributed by atoms with van der Waals surface area (Å²) in [6.07, 6.45) is 4.85. The summed E-state index contributed by atoms with van der Waals surface area (Å²) in [5, 5.41) is 0.712. The Bertz CT molecular complexity index is 454. The molecule has 5 heteroatoms. The van der Waals surface area contributed by atoms with E-state index >= 15 is 0 Å². The highest BCUT2D eigenvalue weighted by atomic mass is 35.5. The first-order chi connectivity index (χ1) is 10.2. The predicted molar refractivity (Wildman–Crippen MR) is 80.7 cm³/mol. The van der Waals surface area contributed by atoms with Gasteiger partial charge in [0.15, 0.2) is 5.60 Å². The molecule has 1 saturated heterocycles. The van der Waals surface area contributed by atoms with Gasteiger partial charge >= 0.3 is 5.97 Å². The maximum Gasteiger partial charge on any atom is 0.340 e. The molecular weight excluding hydrogens is 292 g/mol. The zero-order valence-electron chi connectivity index (χ0n) is 12.3. The van der Waals surface area contributed by atoms with Crippen LogP contribution in [0.15, 0.2) is 24.3 Å². The van der Waals surface area contributed by atoms with Gasteiger partial charge in [0.1, 0.15) is 5.75 Å². The molecule has 1 heterocycles. The van der Waals surface area contributed by atoms with E-state index in [-0.39, 0.29) is 5.97 Å². The predicted octanol–water partition coefficient (Wildman–Crippen LogP) is 3.61. The molecule has 0 radical (unpaired) electrons. The van der Waals surface area contributed by atoms with Gasteiger partial charge in [-0.2, -0.15) is 0 Å². The number of carbonyl (C=O) groups excluding carboxylic acids is 1. The van der Waals surface area contributed by atoms with Gasteiger partial charge in [-0.25, -0.2) is 4.79 Å². The lowest BCUT2D eigenvalue weighted by Gasteiger charge is -2.09. The molecule has 1 atom stereocenters. The highest BCUT2D eigenvalue weighted by Gasteiger charge is 2.52. The third-order valence-electron chi connectivity index (χ3n) is 3.61. The summed E-state index contributed by atoms with van der Waals surface area (Å²) in [6.45, 7) is 1.19. The molecule has 0 unspecified atom stereocenters.